The van der Waals surface area contributed by atoms with Crippen molar-refractivity contribution in [1.29, 1.82) is 0 Å². The summed E-state index contributed by atoms with van der Waals surface area (Å²) in [7, 11) is -1.38. The second-order valence-electron chi connectivity index (χ2n) is 13.0. The van der Waals surface area contributed by atoms with Crippen LogP contribution in [0.3, 0.4) is 0 Å². The number of aromatic nitrogens is 1. The summed E-state index contributed by atoms with van der Waals surface area (Å²) in [5, 5.41) is 23.2. The molecule has 0 saturated carbocycles. The number of pyridine rings is 1. The fourth-order valence-electron chi connectivity index (χ4n) is 5.35. The Balaban J connectivity index is 1.47. The number of rotatable bonds is 9. The highest BCUT2D eigenvalue weighted by Gasteiger charge is 2.40. The minimum Gasteiger partial charge on any atom is -0.457 e. The quantitative estimate of drug-likeness (QED) is 0.183. The van der Waals surface area contributed by atoms with Gasteiger partial charge in [-0.3, -0.25) is 4.79 Å². The molecule has 1 aliphatic heterocycles. The molecule has 0 aliphatic carbocycles. The molecule has 4 aromatic rings. The van der Waals surface area contributed by atoms with Crippen LogP contribution in [0, 0.1) is 11.8 Å². The number of amides is 1. The van der Waals surface area contributed by atoms with Crippen molar-refractivity contribution in [3.8, 4) is 34.6 Å². The number of benzene rings is 3. The molecule has 3 aromatic carbocycles. The van der Waals surface area contributed by atoms with Gasteiger partial charge in [0.1, 0.15) is 33.8 Å². The lowest BCUT2D eigenvalue weighted by atomic mass is 9.95. The third-order valence-electron chi connectivity index (χ3n) is 7.53. The molecule has 1 aromatic heterocycles. The molecule has 2 heterocycles. The zero-order valence-electron chi connectivity index (χ0n) is 27.4. The van der Waals surface area contributed by atoms with Crippen LogP contribution in [0.25, 0.3) is 11.3 Å². The molecule has 0 spiro atoms. The van der Waals surface area contributed by atoms with E-state index in [0.29, 0.717) is 30.0 Å². The smallest absolute Gasteiger partial charge is 0.270 e. The van der Waals surface area contributed by atoms with Crippen LogP contribution in [0.15, 0.2) is 84.9 Å². The second kappa shape index (κ2) is 14.2. The summed E-state index contributed by atoms with van der Waals surface area (Å²) in [5.74, 6) is 6.97. The lowest BCUT2D eigenvalue weighted by molar-refractivity contribution is 0.0945. The third-order valence-corrected chi connectivity index (χ3v) is 9.38. The monoisotopic (exact) mass is 651 g/mol. The Bertz CT molecular complexity index is 1820. The number of fused-ring (bicyclic) bond motifs is 1. The van der Waals surface area contributed by atoms with E-state index < -0.39 is 21.3 Å². The molecule has 0 unspecified atom stereocenters. The number of nitrogens with one attached hydrogen (secondary N) is 1. The number of hydrogen-bond donors (Lipinski definition) is 3. The molecule has 0 bridgehead atoms. The third kappa shape index (κ3) is 8.53. The molecular weight excluding hydrogens is 611 g/mol. The number of aliphatic hydroxyl groups is 2. The Labute approximate surface area is 279 Å². The maximum absolute atomic E-state index is 13.7. The van der Waals surface area contributed by atoms with Gasteiger partial charge in [-0.15, -0.1) is 0 Å². The standard InChI is InChI=1S/C38H41N3O5S/c1-37(2,3)47(45)41-25-29-23-32(36(43)39-24-27-14-16-31(17-15-27)46-30-12-7-6-8-13-30)40-35(34(29)33(41)19-21-42)28-11-9-10-26(22-28)18-20-38(4,5)44/h6-17,22-23,33,42,44H,19,21,24-25H2,1-5H3,(H,39,43)/t33-,47-/m1/s1. The summed E-state index contributed by atoms with van der Waals surface area (Å²) in [4.78, 5) is 18.5. The molecule has 5 rings (SSSR count). The lowest BCUT2D eigenvalue weighted by Crippen LogP contribution is -2.36. The van der Waals surface area contributed by atoms with Gasteiger partial charge in [0.05, 0.1) is 16.5 Å². The molecule has 1 amide bonds. The van der Waals surface area contributed by atoms with Crippen LogP contribution >= 0.6 is 0 Å². The highest BCUT2D eigenvalue weighted by Crippen LogP contribution is 2.44. The Morgan fingerprint density at radius 2 is 1.70 bits per heavy atom. The van der Waals surface area contributed by atoms with E-state index in [-0.39, 0.29) is 30.8 Å². The fourth-order valence-corrected chi connectivity index (χ4v) is 6.75. The average molecular weight is 652 g/mol. The molecule has 0 saturated heterocycles. The van der Waals surface area contributed by atoms with E-state index in [2.05, 4.69) is 17.2 Å². The number of hydrogen-bond acceptors (Lipinski definition) is 6. The van der Waals surface area contributed by atoms with Gasteiger partial charge in [0.15, 0.2) is 0 Å². The van der Waals surface area contributed by atoms with E-state index in [1.807, 2.05) is 104 Å². The number of carbonyl (C=O) groups is 1. The molecular formula is C38H41N3O5S. The van der Waals surface area contributed by atoms with E-state index in [0.717, 1.165) is 28.0 Å². The SMILES string of the molecule is CC(C)(O)C#Cc1cccc(-c2nc(C(=O)NCc3ccc(Oc4ccccc4)cc3)cc3c2[C@@H](CCO)N([S@](=O)C(C)(C)C)C3)c1. The molecule has 3 N–H and O–H groups in total. The summed E-state index contributed by atoms with van der Waals surface area (Å²) in [6.45, 7) is 9.54. The van der Waals surface area contributed by atoms with Gasteiger partial charge >= 0.3 is 0 Å². The van der Waals surface area contributed by atoms with Gasteiger partial charge in [0, 0.05) is 36.4 Å². The zero-order valence-corrected chi connectivity index (χ0v) is 28.2. The van der Waals surface area contributed by atoms with Crippen LogP contribution in [-0.4, -0.2) is 46.6 Å². The summed E-state index contributed by atoms with van der Waals surface area (Å²) in [5.41, 5.74) is 3.65. The minimum absolute atomic E-state index is 0.101. The van der Waals surface area contributed by atoms with E-state index >= 15 is 0 Å². The van der Waals surface area contributed by atoms with E-state index in [9.17, 15) is 19.2 Å². The average Bonchev–Trinajstić information content (AvgIpc) is 3.40. The summed E-state index contributed by atoms with van der Waals surface area (Å²) >= 11 is 0. The summed E-state index contributed by atoms with van der Waals surface area (Å²) in [6.07, 6.45) is 0.358. The van der Waals surface area contributed by atoms with Gasteiger partial charge < -0.3 is 20.3 Å². The van der Waals surface area contributed by atoms with Crippen LogP contribution in [0.5, 0.6) is 11.5 Å². The van der Waals surface area contributed by atoms with Gasteiger partial charge in [-0.2, -0.15) is 0 Å². The van der Waals surface area contributed by atoms with Gasteiger partial charge in [-0.25, -0.2) is 13.5 Å². The molecule has 8 nitrogen and oxygen atoms in total. The van der Waals surface area contributed by atoms with Crippen LogP contribution in [0.2, 0.25) is 0 Å². The van der Waals surface area contributed by atoms with Crippen LogP contribution in [0.1, 0.15) is 79.8 Å². The van der Waals surface area contributed by atoms with Crippen molar-refractivity contribution in [3.05, 3.63) is 113 Å². The second-order valence-corrected chi connectivity index (χ2v) is 15.2. The Kier molecular flexibility index (Phi) is 10.3. The van der Waals surface area contributed by atoms with Gasteiger partial charge in [-0.1, -0.05) is 54.3 Å². The van der Waals surface area contributed by atoms with Crippen LogP contribution in [0.4, 0.5) is 0 Å². The van der Waals surface area contributed by atoms with Crippen molar-refractivity contribution in [3.63, 3.8) is 0 Å². The van der Waals surface area contributed by atoms with Crippen LogP contribution in [-0.2, 0) is 24.1 Å². The Morgan fingerprint density at radius 3 is 2.36 bits per heavy atom. The molecule has 47 heavy (non-hydrogen) atoms. The summed E-state index contributed by atoms with van der Waals surface area (Å²) in [6, 6.07) is 25.9. The Morgan fingerprint density at radius 1 is 1.00 bits per heavy atom. The number of aliphatic hydroxyl groups excluding tert-OH is 1. The van der Waals surface area contributed by atoms with Crippen molar-refractivity contribution < 1.29 is 24.0 Å². The van der Waals surface area contributed by atoms with E-state index in [1.165, 1.54) is 0 Å². The normalized spacial score (nSPS) is 15.3. The largest absolute Gasteiger partial charge is 0.457 e. The highest BCUT2D eigenvalue weighted by molar-refractivity contribution is 7.84. The molecule has 0 radical (unpaired) electrons. The number of nitrogens with zero attached hydrogens (tertiary/aromatic N) is 2. The highest BCUT2D eigenvalue weighted by atomic mass is 32.2. The van der Waals surface area contributed by atoms with Crippen molar-refractivity contribution in [1.82, 2.24) is 14.6 Å². The van der Waals surface area contributed by atoms with Crippen molar-refractivity contribution in [2.75, 3.05) is 6.61 Å². The first kappa shape index (κ1) is 34.0. The molecule has 2 atom stereocenters. The predicted octanol–water partition coefficient (Wildman–Crippen LogP) is 6.29. The maximum Gasteiger partial charge on any atom is 0.270 e. The number of carbonyl (C=O) groups excluding carboxylic acids is 1. The van der Waals surface area contributed by atoms with Crippen molar-refractivity contribution >= 4 is 16.9 Å². The first-order valence-electron chi connectivity index (χ1n) is 15.6. The van der Waals surface area contributed by atoms with Gasteiger partial charge in [0.2, 0.25) is 0 Å². The Hall–Kier alpha value is -4.33. The first-order valence-corrected chi connectivity index (χ1v) is 16.7. The summed E-state index contributed by atoms with van der Waals surface area (Å²) < 4.78 is 21.0. The molecule has 9 heteroatoms. The molecule has 1 aliphatic rings. The van der Waals surface area contributed by atoms with E-state index in [4.69, 9.17) is 9.72 Å². The van der Waals surface area contributed by atoms with Crippen molar-refractivity contribution in [2.24, 2.45) is 0 Å². The molecule has 244 valence electrons. The fraction of sp³-hybridized carbons (Fsp3) is 0.316. The van der Waals surface area contributed by atoms with Gasteiger partial charge in [-0.05, 0) is 94.6 Å². The number of para-hydroxylation sites is 1. The zero-order chi connectivity index (χ0) is 33.8. The van der Waals surface area contributed by atoms with Crippen molar-refractivity contribution in [2.45, 2.75) is 70.5 Å². The lowest BCUT2D eigenvalue weighted by Gasteiger charge is -2.30. The maximum atomic E-state index is 13.7. The van der Waals surface area contributed by atoms with Crippen LogP contribution < -0.4 is 10.1 Å². The molecule has 0 fully saturated rings. The first-order chi connectivity index (χ1) is 22.3. The van der Waals surface area contributed by atoms with Gasteiger partial charge in [0.25, 0.3) is 5.91 Å². The minimum atomic E-state index is -1.38. The predicted molar refractivity (Wildman–Crippen MR) is 185 cm³/mol. The van der Waals surface area contributed by atoms with E-state index in [1.54, 1.807) is 19.9 Å². The number of ether oxygens (including phenoxy) is 1. The topological polar surface area (TPSA) is 112 Å².